The van der Waals surface area contributed by atoms with Gasteiger partial charge in [0.1, 0.15) is 5.82 Å². The largest absolute Gasteiger partial charge is 0.326 e. The predicted molar refractivity (Wildman–Crippen MR) is 135 cm³/mol. The predicted octanol–water partition coefficient (Wildman–Crippen LogP) is 5.76. The number of aryl methyl sites for hydroxylation is 1. The van der Waals surface area contributed by atoms with Crippen LogP contribution in [0.1, 0.15) is 23.9 Å². The molecule has 0 aliphatic carbocycles. The molecular weight excluding hydrogens is 408 g/mol. The quantitative estimate of drug-likeness (QED) is 0.386. The van der Waals surface area contributed by atoms with Crippen LogP contribution in [0.25, 0.3) is 34.3 Å². The number of rotatable bonds is 6. The molecule has 0 atom stereocenters. The number of imidazole rings is 1. The number of carbonyl (C=O) groups is 1. The molecule has 5 rings (SSSR count). The number of carbonyl (C=O) groups excluding carboxylic acids is 1. The lowest BCUT2D eigenvalue weighted by atomic mass is 10.0. The molecule has 0 radical (unpaired) electrons. The number of likely N-dealkylation sites (N-methyl/N-ethyl adjacent to an activating group) is 1. The monoisotopic (exact) mass is 436 g/mol. The molecule has 0 spiro atoms. The molecule has 3 aromatic carbocycles. The Hall–Kier alpha value is -3.86. The Morgan fingerprint density at radius 3 is 2.39 bits per heavy atom. The number of hydrogen-bond acceptors (Lipinski definition) is 2. The zero-order valence-corrected chi connectivity index (χ0v) is 19.1. The fourth-order valence-corrected chi connectivity index (χ4v) is 4.45. The zero-order valence-electron chi connectivity index (χ0n) is 19.1. The van der Waals surface area contributed by atoms with Crippen LogP contribution in [-0.2, 0) is 13.1 Å². The molecule has 0 bridgehead atoms. The van der Waals surface area contributed by atoms with E-state index in [4.69, 9.17) is 4.98 Å². The molecule has 2 heterocycles. The summed E-state index contributed by atoms with van der Waals surface area (Å²) in [7, 11) is 1.85. The normalized spacial score (nSPS) is 14.2. The molecule has 5 heteroatoms. The van der Waals surface area contributed by atoms with E-state index in [0.717, 1.165) is 53.2 Å². The average Bonchev–Trinajstić information content (AvgIpc) is 3.38. The first-order valence-electron chi connectivity index (χ1n) is 11.5. The van der Waals surface area contributed by atoms with Gasteiger partial charge >= 0.3 is 6.03 Å². The minimum atomic E-state index is 0.104. The highest BCUT2D eigenvalue weighted by atomic mass is 16.2. The topological polar surface area (TPSA) is 41.4 Å². The molecule has 166 valence electrons. The minimum Gasteiger partial charge on any atom is -0.326 e. The Bertz CT molecular complexity index is 1310. The maximum atomic E-state index is 12.1. The fraction of sp³-hybridized carbons (Fsp3) is 0.214. The van der Waals surface area contributed by atoms with Gasteiger partial charge in [-0.25, -0.2) is 9.78 Å². The van der Waals surface area contributed by atoms with Crippen LogP contribution in [0.3, 0.4) is 0 Å². The van der Waals surface area contributed by atoms with E-state index in [1.54, 1.807) is 4.90 Å². The Labute approximate surface area is 194 Å². The lowest BCUT2D eigenvalue weighted by molar-refractivity contribution is 0.197. The second-order valence-corrected chi connectivity index (χ2v) is 8.45. The zero-order chi connectivity index (χ0) is 22.8. The fourth-order valence-electron chi connectivity index (χ4n) is 4.45. The third-order valence-electron chi connectivity index (χ3n) is 6.29. The summed E-state index contributed by atoms with van der Waals surface area (Å²) >= 11 is 0. The number of fused-ring (bicyclic) bond motifs is 1. The van der Waals surface area contributed by atoms with Crippen LogP contribution >= 0.6 is 0 Å². The third kappa shape index (κ3) is 4.14. The second-order valence-electron chi connectivity index (χ2n) is 8.45. The Morgan fingerprint density at radius 1 is 0.909 bits per heavy atom. The van der Waals surface area contributed by atoms with Gasteiger partial charge in [-0.2, -0.15) is 0 Å². The van der Waals surface area contributed by atoms with E-state index >= 15 is 0 Å². The molecule has 0 N–H and O–H groups in total. The molecule has 2 amide bonds. The number of aromatic nitrogens is 2. The number of benzene rings is 3. The second kappa shape index (κ2) is 8.94. The van der Waals surface area contributed by atoms with Gasteiger partial charge in [0, 0.05) is 38.8 Å². The molecule has 4 aromatic rings. The summed E-state index contributed by atoms with van der Waals surface area (Å²) in [4.78, 5) is 20.8. The van der Waals surface area contributed by atoms with Crippen molar-refractivity contribution in [2.24, 2.45) is 0 Å². The summed E-state index contributed by atoms with van der Waals surface area (Å²) in [6.07, 6.45) is 4.19. The Balaban J connectivity index is 1.40. The van der Waals surface area contributed by atoms with Crippen molar-refractivity contribution >= 4 is 29.2 Å². The molecule has 1 aliphatic rings. The molecule has 0 saturated carbocycles. The molecule has 1 saturated heterocycles. The van der Waals surface area contributed by atoms with Crippen LogP contribution in [0.5, 0.6) is 0 Å². The van der Waals surface area contributed by atoms with Crippen molar-refractivity contribution in [2.75, 3.05) is 20.1 Å². The first-order chi connectivity index (χ1) is 16.1. The van der Waals surface area contributed by atoms with E-state index in [1.807, 2.05) is 18.0 Å². The van der Waals surface area contributed by atoms with Gasteiger partial charge in [0.2, 0.25) is 0 Å². The molecule has 5 nitrogen and oxygen atoms in total. The van der Waals surface area contributed by atoms with Crippen LogP contribution in [0.2, 0.25) is 0 Å². The lowest BCUT2D eigenvalue weighted by Gasteiger charge is -2.15. The van der Waals surface area contributed by atoms with Crippen LogP contribution in [0.15, 0.2) is 72.8 Å². The first kappa shape index (κ1) is 21.0. The highest BCUT2D eigenvalue weighted by molar-refractivity contribution is 5.93. The summed E-state index contributed by atoms with van der Waals surface area (Å²) in [6.45, 7) is 5.24. The van der Waals surface area contributed by atoms with E-state index in [1.165, 1.54) is 5.56 Å². The summed E-state index contributed by atoms with van der Waals surface area (Å²) in [5.41, 5.74) is 6.76. The van der Waals surface area contributed by atoms with Crippen molar-refractivity contribution in [1.82, 2.24) is 19.4 Å². The number of urea groups is 1. The number of para-hydroxylation sites is 1. The van der Waals surface area contributed by atoms with Gasteiger partial charge in [-0.3, -0.25) is 0 Å². The van der Waals surface area contributed by atoms with E-state index in [-0.39, 0.29) is 6.03 Å². The van der Waals surface area contributed by atoms with Crippen molar-refractivity contribution in [3.63, 3.8) is 0 Å². The van der Waals surface area contributed by atoms with Gasteiger partial charge in [-0.15, -0.1) is 0 Å². The van der Waals surface area contributed by atoms with Crippen molar-refractivity contribution in [3.05, 3.63) is 89.7 Å². The SMILES string of the molecule is CCn1c(/C=C/c2ccc(CN3CCN(C)C3=O)cc2)nc2c(-c3ccccc3)cccc21. The van der Waals surface area contributed by atoms with Gasteiger partial charge in [0.05, 0.1) is 11.0 Å². The first-order valence-corrected chi connectivity index (χ1v) is 11.5. The van der Waals surface area contributed by atoms with Crippen LogP contribution in [0, 0.1) is 0 Å². The minimum absolute atomic E-state index is 0.104. The average molecular weight is 437 g/mol. The Morgan fingerprint density at radius 2 is 1.70 bits per heavy atom. The molecule has 1 aromatic heterocycles. The summed E-state index contributed by atoms with van der Waals surface area (Å²) in [5, 5.41) is 0. The standard InChI is InChI=1S/C28H28N4O/c1-3-32-25-11-7-10-24(23-8-5-4-6-9-23)27(25)29-26(32)17-16-21-12-14-22(15-13-21)20-31-19-18-30(2)28(31)33/h4-17H,3,18-20H2,1-2H3/b17-16+. The summed E-state index contributed by atoms with van der Waals surface area (Å²) in [6, 6.07) is 25.3. The van der Waals surface area contributed by atoms with E-state index in [9.17, 15) is 4.79 Å². The van der Waals surface area contributed by atoms with Crippen LogP contribution < -0.4 is 0 Å². The third-order valence-corrected chi connectivity index (χ3v) is 6.29. The highest BCUT2D eigenvalue weighted by Crippen LogP contribution is 2.29. The van der Waals surface area contributed by atoms with E-state index < -0.39 is 0 Å². The molecule has 1 aliphatic heterocycles. The Kier molecular flexibility index (Phi) is 5.69. The lowest BCUT2D eigenvalue weighted by Crippen LogP contribution is -2.28. The van der Waals surface area contributed by atoms with Gasteiger partial charge in [0.25, 0.3) is 0 Å². The van der Waals surface area contributed by atoms with Gasteiger partial charge in [0.15, 0.2) is 0 Å². The molecule has 0 unspecified atom stereocenters. The summed E-state index contributed by atoms with van der Waals surface area (Å²) < 4.78 is 2.25. The molecular formula is C28H28N4O. The van der Waals surface area contributed by atoms with Crippen molar-refractivity contribution in [2.45, 2.75) is 20.0 Å². The summed E-state index contributed by atoms with van der Waals surface area (Å²) in [5.74, 6) is 0.950. The van der Waals surface area contributed by atoms with E-state index in [0.29, 0.717) is 6.54 Å². The molecule has 1 fully saturated rings. The van der Waals surface area contributed by atoms with Gasteiger partial charge in [-0.05, 0) is 35.8 Å². The van der Waals surface area contributed by atoms with Crippen molar-refractivity contribution < 1.29 is 4.79 Å². The van der Waals surface area contributed by atoms with E-state index in [2.05, 4.69) is 90.4 Å². The number of hydrogen-bond donors (Lipinski definition) is 0. The highest BCUT2D eigenvalue weighted by Gasteiger charge is 2.24. The maximum Gasteiger partial charge on any atom is 0.320 e. The molecule has 33 heavy (non-hydrogen) atoms. The number of nitrogens with zero attached hydrogens (tertiary/aromatic N) is 4. The smallest absolute Gasteiger partial charge is 0.320 e. The van der Waals surface area contributed by atoms with Crippen molar-refractivity contribution in [1.29, 1.82) is 0 Å². The number of amides is 2. The maximum absolute atomic E-state index is 12.1. The van der Waals surface area contributed by atoms with Crippen molar-refractivity contribution in [3.8, 4) is 11.1 Å². The van der Waals surface area contributed by atoms with Crippen LogP contribution in [-0.4, -0.2) is 45.5 Å². The van der Waals surface area contributed by atoms with Gasteiger partial charge in [-0.1, -0.05) is 72.8 Å². The van der Waals surface area contributed by atoms with Crippen LogP contribution in [0.4, 0.5) is 4.79 Å². The van der Waals surface area contributed by atoms with Gasteiger partial charge < -0.3 is 14.4 Å².